The third-order valence-electron chi connectivity index (χ3n) is 2.74. The number of nitrogens with one attached hydrogen (secondary N) is 1. The van der Waals surface area contributed by atoms with Crippen molar-refractivity contribution in [3.05, 3.63) is 18.6 Å². The summed E-state index contributed by atoms with van der Waals surface area (Å²) in [7, 11) is 0. The highest BCUT2D eigenvalue weighted by molar-refractivity contribution is 7.99. The van der Waals surface area contributed by atoms with E-state index < -0.39 is 5.54 Å². The second-order valence-electron chi connectivity index (χ2n) is 4.23. The van der Waals surface area contributed by atoms with Crippen LogP contribution < -0.4 is 11.1 Å². The summed E-state index contributed by atoms with van der Waals surface area (Å²) in [4.78, 5) is 19.4. The summed E-state index contributed by atoms with van der Waals surface area (Å²) in [5, 5.41) is 4.10. The number of nitrogens with two attached hydrogens (primary N) is 1. The third-order valence-corrected chi connectivity index (χ3v) is 3.77. The fourth-order valence-corrected chi connectivity index (χ4v) is 2.43. The zero-order valence-electron chi connectivity index (χ0n) is 10.8. The van der Waals surface area contributed by atoms with E-state index in [2.05, 4.69) is 15.3 Å². The molecule has 3 N–H and O–H groups in total. The molecule has 0 radical (unpaired) electrons. The van der Waals surface area contributed by atoms with E-state index >= 15 is 0 Å². The van der Waals surface area contributed by atoms with Gasteiger partial charge < -0.3 is 11.1 Å². The Hall–Kier alpha value is -1.14. The molecule has 1 aromatic rings. The molecule has 0 aliphatic carbocycles. The molecule has 1 rings (SSSR count). The van der Waals surface area contributed by atoms with E-state index in [0.717, 1.165) is 30.2 Å². The molecule has 0 saturated carbocycles. The normalized spacial score (nSPS) is 14.1. The van der Waals surface area contributed by atoms with Gasteiger partial charge in [0.15, 0.2) is 0 Å². The van der Waals surface area contributed by atoms with Crippen LogP contribution in [0.2, 0.25) is 0 Å². The molecule has 6 heteroatoms. The lowest BCUT2D eigenvalue weighted by atomic mass is 9.95. The lowest BCUT2D eigenvalue weighted by molar-refractivity contribution is -0.124. The first-order valence-electron chi connectivity index (χ1n) is 6.02. The van der Waals surface area contributed by atoms with Gasteiger partial charge in [-0.05, 0) is 38.1 Å². The molecule has 0 aromatic carbocycles. The minimum absolute atomic E-state index is 0.295. The van der Waals surface area contributed by atoms with E-state index in [9.17, 15) is 4.79 Å². The fraction of sp³-hybridized carbons (Fsp3) is 0.583. The number of likely N-dealkylation sites (N-methyl/N-ethyl adjacent to an activating group) is 1. The summed E-state index contributed by atoms with van der Waals surface area (Å²) in [6, 6.07) is 1.88. The monoisotopic (exact) mass is 268 g/mol. The number of nitrogens with zero attached hydrogens (tertiary/aromatic N) is 2. The van der Waals surface area contributed by atoms with Gasteiger partial charge in [-0.2, -0.15) is 0 Å². The Morgan fingerprint density at radius 2 is 2.39 bits per heavy atom. The Morgan fingerprint density at radius 1 is 1.61 bits per heavy atom. The van der Waals surface area contributed by atoms with Gasteiger partial charge in [-0.15, -0.1) is 11.8 Å². The van der Waals surface area contributed by atoms with E-state index in [4.69, 9.17) is 5.73 Å². The van der Waals surface area contributed by atoms with Crippen LogP contribution in [0.4, 0.5) is 0 Å². The summed E-state index contributed by atoms with van der Waals surface area (Å²) < 4.78 is 0. The number of carbonyl (C=O) groups excluding carboxylic acids is 1. The van der Waals surface area contributed by atoms with Crippen molar-refractivity contribution in [1.82, 2.24) is 15.3 Å². The van der Waals surface area contributed by atoms with Crippen molar-refractivity contribution in [2.24, 2.45) is 5.73 Å². The summed E-state index contributed by atoms with van der Waals surface area (Å²) in [5.74, 6) is 0.613. The highest BCUT2D eigenvalue weighted by Gasteiger charge is 2.28. The minimum atomic E-state index is -0.610. The zero-order chi connectivity index (χ0) is 13.4. The maximum Gasteiger partial charge on any atom is 0.237 e. The van der Waals surface area contributed by atoms with Crippen LogP contribution in [0.25, 0.3) is 0 Å². The van der Waals surface area contributed by atoms with Gasteiger partial charge in [-0.1, -0.05) is 6.92 Å². The van der Waals surface area contributed by atoms with Gasteiger partial charge in [0, 0.05) is 6.20 Å². The van der Waals surface area contributed by atoms with Gasteiger partial charge in [0.05, 0.1) is 10.6 Å². The first kappa shape index (κ1) is 14.9. The van der Waals surface area contributed by atoms with E-state index in [1.165, 1.54) is 6.33 Å². The highest BCUT2D eigenvalue weighted by Crippen LogP contribution is 2.19. The number of hydrogen-bond donors (Lipinski definition) is 2. The molecule has 0 bridgehead atoms. The Morgan fingerprint density at radius 3 is 2.94 bits per heavy atom. The molecule has 0 aliphatic heterocycles. The van der Waals surface area contributed by atoms with Gasteiger partial charge in [0.25, 0.3) is 0 Å². The summed E-state index contributed by atoms with van der Waals surface area (Å²) in [6.45, 7) is 4.56. The maximum absolute atomic E-state index is 11.4. The van der Waals surface area contributed by atoms with Gasteiger partial charge in [-0.25, -0.2) is 9.97 Å². The molecule has 1 amide bonds. The number of amides is 1. The third kappa shape index (κ3) is 4.62. The van der Waals surface area contributed by atoms with E-state index in [-0.39, 0.29) is 5.91 Å². The van der Waals surface area contributed by atoms with Gasteiger partial charge in [0.2, 0.25) is 5.91 Å². The lowest BCUT2D eigenvalue weighted by Gasteiger charge is -2.26. The van der Waals surface area contributed by atoms with E-state index in [0.29, 0.717) is 0 Å². The number of rotatable bonds is 8. The van der Waals surface area contributed by atoms with Crippen molar-refractivity contribution >= 4 is 17.7 Å². The average molecular weight is 268 g/mol. The minimum Gasteiger partial charge on any atom is -0.368 e. The molecule has 1 atom stereocenters. The molecule has 1 heterocycles. The summed E-state index contributed by atoms with van der Waals surface area (Å²) in [6.07, 6.45) is 4.89. The Kier molecular flexibility index (Phi) is 6.07. The van der Waals surface area contributed by atoms with E-state index in [1.807, 2.05) is 19.9 Å². The van der Waals surface area contributed by atoms with Crippen LogP contribution in [0.15, 0.2) is 23.6 Å². The maximum atomic E-state index is 11.4. The molecule has 1 aromatic heterocycles. The Bertz CT molecular complexity index is 374. The van der Waals surface area contributed by atoms with Crippen LogP contribution in [-0.4, -0.2) is 33.7 Å². The van der Waals surface area contributed by atoms with Crippen molar-refractivity contribution in [3.8, 4) is 0 Å². The first-order chi connectivity index (χ1) is 8.58. The molecule has 5 nitrogen and oxygen atoms in total. The molecule has 18 heavy (non-hydrogen) atoms. The summed E-state index contributed by atoms with van der Waals surface area (Å²) >= 11 is 1.66. The van der Waals surface area contributed by atoms with E-state index in [1.54, 1.807) is 18.0 Å². The Balaban J connectivity index is 2.34. The zero-order valence-corrected chi connectivity index (χ0v) is 11.7. The van der Waals surface area contributed by atoms with Crippen LogP contribution in [-0.2, 0) is 4.79 Å². The number of thioether (sulfide) groups is 1. The van der Waals surface area contributed by atoms with Gasteiger partial charge in [0.1, 0.15) is 6.33 Å². The fourth-order valence-electron chi connectivity index (χ4n) is 1.66. The second kappa shape index (κ2) is 7.33. The number of carbonyl (C=O) groups is 1. The predicted octanol–water partition coefficient (Wildman–Crippen LogP) is 1.20. The standard InChI is InChI=1S/C12H20N4OS/c1-3-16-12(2,11(13)17)6-4-8-18-10-5-7-14-9-15-10/h5,7,9,16H,3-4,6,8H2,1-2H3,(H2,13,17). The van der Waals surface area contributed by atoms with Crippen molar-refractivity contribution < 1.29 is 4.79 Å². The van der Waals surface area contributed by atoms with Crippen LogP contribution in [0.3, 0.4) is 0 Å². The van der Waals surface area contributed by atoms with Crippen molar-refractivity contribution in [2.45, 2.75) is 37.3 Å². The SMILES string of the molecule is CCNC(C)(CCCSc1ccncn1)C(N)=O. The van der Waals surface area contributed by atoms with Crippen molar-refractivity contribution in [3.63, 3.8) is 0 Å². The van der Waals surface area contributed by atoms with Gasteiger partial charge >= 0.3 is 0 Å². The van der Waals surface area contributed by atoms with Crippen molar-refractivity contribution in [2.75, 3.05) is 12.3 Å². The lowest BCUT2D eigenvalue weighted by Crippen LogP contribution is -2.53. The largest absolute Gasteiger partial charge is 0.368 e. The topological polar surface area (TPSA) is 80.9 Å². The highest BCUT2D eigenvalue weighted by atomic mass is 32.2. The Labute approximate surface area is 112 Å². The molecule has 0 saturated heterocycles. The van der Waals surface area contributed by atoms with Crippen LogP contribution in [0, 0.1) is 0 Å². The second-order valence-corrected chi connectivity index (χ2v) is 5.34. The number of aromatic nitrogens is 2. The van der Waals surface area contributed by atoms with Crippen molar-refractivity contribution in [1.29, 1.82) is 0 Å². The quantitative estimate of drug-likeness (QED) is 0.421. The number of hydrogen-bond acceptors (Lipinski definition) is 5. The smallest absolute Gasteiger partial charge is 0.237 e. The van der Waals surface area contributed by atoms with Crippen LogP contribution in [0.5, 0.6) is 0 Å². The van der Waals surface area contributed by atoms with Crippen LogP contribution >= 0.6 is 11.8 Å². The van der Waals surface area contributed by atoms with Crippen LogP contribution in [0.1, 0.15) is 26.7 Å². The first-order valence-corrected chi connectivity index (χ1v) is 7.01. The molecular formula is C12H20N4OS. The molecule has 0 aliphatic rings. The average Bonchev–Trinajstić information content (AvgIpc) is 2.36. The molecule has 0 spiro atoms. The molecule has 0 fully saturated rings. The van der Waals surface area contributed by atoms with Gasteiger partial charge in [-0.3, -0.25) is 4.79 Å². The predicted molar refractivity (Wildman–Crippen MR) is 73.3 cm³/mol. The molecule has 100 valence electrons. The number of primary amides is 1. The molecular weight excluding hydrogens is 248 g/mol. The summed E-state index contributed by atoms with van der Waals surface area (Å²) in [5.41, 5.74) is 4.81. The molecule has 1 unspecified atom stereocenters.